The summed E-state index contributed by atoms with van der Waals surface area (Å²) in [6.45, 7) is 2.38. The predicted molar refractivity (Wildman–Crippen MR) is 60.4 cm³/mol. The van der Waals surface area contributed by atoms with Gasteiger partial charge in [-0.15, -0.1) is 0 Å². The largest absolute Gasteiger partial charge is 0.545 e. The Morgan fingerprint density at radius 3 is 2.82 bits per heavy atom. The van der Waals surface area contributed by atoms with Crippen LogP contribution >= 0.6 is 0 Å². The van der Waals surface area contributed by atoms with Gasteiger partial charge in [0.15, 0.2) is 0 Å². The van der Waals surface area contributed by atoms with Crippen LogP contribution in [-0.4, -0.2) is 18.5 Å². The third-order valence-electron chi connectivity index (χ3n) is 1.78. The van der Waals surface area contributed by atoms with Crippen molar-refractivity contribution in [3.63, 3.8) is 0 Å². The number of ether oxygens (including phenoxy) is 1. The molecule has 0 saturated heterocycles. The summed E-state index contributed by atoms with van der Waals surface area (Å²) >= 11 is 0. The molecule has 0 bridgehead atoms. The van der Waals surface area contributed by atoms with E-state index in [1.165, 1.54) is 0 Å². The molecule has 1 rings (SSSR count). The molecular weight excluding hydrogens is 222 g/mol. The molecule has 0 saturated carbocycles. The first-order valence-corrected chi connectivity index (χ1v) is 5.04. The van der Waals surface area contributed by atoms with Gasteiger partial charge in [0.2, 0.25) is 5.91 Å². The highest BCUT2D eigenvalue weighted by molar-refractivity contribution is 6.02. The molecule has 5 nitrogen and oxygen atoms in total. The number of hydrogen-bond acceptors (Lipinski definition) is 4. The van der Waals surface area contributed by atoms with Gasteiger partial charge in [-0.05, 0) is 25.1 Å². The quantitative estimate of drug-likeness (QED) is 0.745. The number of amides is 1. The molecule has 0 fully saturated rings. The molecule has 5 heteroatoms. The molecule has 0 aliphatic rings. The zero-order valence-corrected chi connectivity index (χ0v) is 9.30. The second-order valence-electron chi connectivity index (χ2n) is 3.10. The lowest BCUT2D eigenvalue weighted by Crippen LogP contribution is -2.20. The van der Waals surface area contributed by atoms with Gasteiger partial charge in [-0.3, -0.25) is 4.79 Å². The van der Waals surface area contributed by atoms with Gasteiger partial charge in [-0.2, -0.15) is 0 Å². The Morgan fingerprint density at radius 1 is 1.41 bits per heavy atom. The third kappa shape index (κ3) is 4.83. The van der Waals surface area contributed by atoms with Crippen molar-refractivity contribution in [2.75, 3.05) is 11.9 Å². The highest BCUT2D eigenvalue weighted by atomic mass is 16.5. The lowest BCUT2D eigenvalue weighted by molar-refractivity contribution is -0.297. The summed E-state index contributed by atoms with van der Waals surface area (Å²) in [7, 11) is 0. The first-order valence-electron chi connectivity index (χ1n) is 5.04. The van der Waals surface area contributed by atoms with Crippen LogP contribution in [0.2, 0.25) is 0 Å². The van der Waals surface area contributed by atoms with E-state index in [0.717, 1.165) is 6.08 Å². The van der Waals surface area contributed by atoms with Crippen molar-refractivity contribution in [2.45, 2.75) is 6.92 Å². The molecule has 17 heavy (non-hydrogen) atoms. The van der Waals surface area contributed by atoms with Gasteiger partial charge < -0.3 is 20.0 Å². The summed E-state index contributed by atoms with van der Waals surface area (Å²) in [5, 5.41) is 12.6. The molecule has 0 radical (unpaired) electrons. The van der Waals surface area contributed by atoms with Crippen molar-refractivity contribution >= 4 is 17.6 Å². The van der Waals surface area contributed by atoms with Crippen LogP contribution in [0.1, 0.15) is 6.92 Å². The average molecular weight is 234 g/mol. The highest BCUT2D eigenvalue weighted by Gasteiger charge is 1.99. The lowest BCUT2D eigenvalue weighted by atomic mass is 10.3. The number of anilines is 1. The minimum absolute atomic E-state index is 0.530. The maximum absolute atomic E-state index is 11.3. The standard InChI is InChI=1S/C12H13NO4/c1-2-17-10-5-3-4-9(8-10)13-11(14)6-7-12(15)16/h3-8H,2H2,1H3,(H,13,14)(H,15,16)/p-1. The summed E-state index contributed by atoms with van der Waals surface area (Å²) in [5.74, 6) is -1.32. The SMILES string of the molecule is CCOc1cccc(NC(=O)C=CC(=O)[O-])c1. The number of rotatable bonds is 5. The van der Waals surface area contributed by atoms with Crippen LogP contribution < -0.4 is 15.2 Å². The Kier molecular flexibility index (Phi) is 4.75. The first kappa shape index (κ1) is 12.8. The minimum atomic E-state index is -1.41. The van der Waals surface area contributed by atoms with E-state index in [1.54, 1.807) is 24.3 Å². The van der Waals surface area contributed by atoms with Crippen molar-refractivity contribution in [2.24, 2.45) is 0 Å². The van der Waals surface area contributed by atoms with Gasteiger partial charge in [-0.25, -0.2) is 0 Å². The fourth-order valence-electron chi connectivity index (χ4n) is 1.16. The summed E-state index contributed by atoms with van der Waals surface area (Å²) in [4.78, 5) is 21.4. The van der Waals surface area contributed by atoms with E-state index >= 15 is 0 Å². The fourth-order valence-corrected chi connectivity index (χ4v) is 1.16. The highest BCUT2D eigenvalue weighted by Crippen LogP contribution is 2.17. The van der Waals surface area contributed by atoms with E-state index in [-0.39, 0.29) is 0 Å². The Labute approximate surface area is 98.7 Å². The maximum Gasteiger partial charge on any atom is 0.248 e. The Hall–Kier alpha value is -2.30. The molecule has 1 aromatic carbocycles. The Morgan fingerprint density at radius 2 is 2.18 bits per heavy atom. The molecule has 1 N–H and O–H groups in total. The fraction of sp³-hybridized carbons (Fsp3) is 0.167. The van der Waals surface area contributed by atoms with Crippen molar-refractivity contribution in [3.8, 4) is 5.75 Å². The number of carbonyl (C=O) groups excluding carboxylic acids is 2. The molecule has 0 aliphatic heterocycles. The van der Waals surface area contributed by atoms with Crippen molar-refractivity contribution < 1.29 is 19.4 Å². The minimum Gasteiger partial charge on any atom is -0.545 e. The molecular formula is C12H12NO4-. The first-order chi connectivity index (χ1) is 8.11. The number of carboxylic acid groups (broad SMARTS) is 1. The molecule has 90 valence electrons. The van der Waals surface area contributed by atoms with Crippen molar-refractivity contribution in [3.05, 3.63) is 36.4 Å². The van der Waals surface area contributed by atoms with Crippen LogP contribution in [0, 0.1) is 0 Å². The number of aliphatic carboxylic acids is 1. The van der Waals surface area contributed by atoms with Crippen molar-refractivity contribution in [1.29, 1.82) is 0 Å². The van der Waals surface area contributed by atoms with Crippen LogP contribution in [-0.2, 0) is 9.59 Å². The number of carboxylic acids is 1. The Bertz CT molecular complexity index is 440. The number of benzene rings is 1. The zero-order valence-electron chi connectivity index (χ0n) is 9.30. The van der Waals surface area contributed by atoms with E-state index in [0.29, 0.717) is 24.1 Å². The molecule has 0 unspecified atom stereocenters. The zero-order chi connectivity index (χ0) is 12.7. The van der Waals surface area contributed by atoms with Crippen molar-refractivity contribution in [1.82, 2.24) is 0 Å². The van der Waals surface area contributed by atoms with Crippen LogP contribution in [0.25, 0.3) is 0 Å². The van der Waals surface area contributed by atoms with E-state index < -0.39 is 11.9 Å². The normalized spacial score (nSPS) is 10.2. The summed E-state index contributed by atoms with van der Waals surface area (Å²) < 4.78 is 5.25. The molecule has 0 aromatic heterocycles. The Balaban J connectivity index is 2.65. The van der Waals surface area contributed by atoms with E-state index in [2.05, 4.69) is 5.32 Å². The maximum atomic E-state index is 11.3. The topological polar surface area (TPSA) is 78.5 Å². The third-order valence-corrected chi connectivity index (χ3v) is 1.78. The molecule has 0 atom stereocenters. The summed E-state index contributed by atoms with van der Waals surface area (Å²) in [6.07, 6.45) is 1.56. The van der Waals surface area contributed by atoms with Crippen LogP contribution in [0.4, 0.5) is 5.69 Å². The lowest BCUT2D eigenvalue weighted by Gasteiger charge is -2.06. The van der Waals surface area contributed by atoms with Crippen LogP contribution in [0.15, 0.2) is 36.4 Å². The second-order valence-corrected chi connectivity index (χ2v) is 3.10. The van der Waals surface area contributed by atoms with Gasteiger partial charge >= 0.3 is 0 Å². The number of nitrogens with one attached hydrogen (secondary N) is 1. The smallest absolute Gasteiger partial charge is 0.248 e. The molecule has 1 aromatic rings. The van der Waals surface area contributed by atoms with Gasteiger partial charge in [0.1, 0.15) is 5.75 Å². The van der Waals surface area contributed by atoms with E-state index in [9.17, 15) is 14.7 Å². The van der Waals surface area contributed by atoms with Crippen LogP contribution in [0.3, 0.4) is 0 Å². The van der Waals surface area contributed by atoms with E-state index in [4.69, 9.17) is 4.74 Å². The average Bonchev–Trinajstić information content (AvgIpc) is 2.27. The number of hydrogen-bond donors (Lipinski definition) is 1. The summed E-state index contributed by atoms with van der Waals surface area (Å²) in [6, 6.07) is 6.81. The summed E-state index contributed by atoms with van der Waals surface area (Å²) in [5.41, 5.74) is 0.531. The second kappa shape index (κ2) is 6.32. The monoisotopic (exact) mass is 234 g/mol. The van der Waals surface area contributed by atoms with Gasteiger partial charge in [0, 0.05) is 17.8 Å². The van der Waals surface area contributed by atoms with Gasteiger partial charge in [0.05, 0.1) is 12.6 Å². The van der Waals surface area contributed by atoms with Gasteiger partial charge in [-0.1, -0.05) is 6.07 Å². The molecule has 1 amide bonds. The predicted octanol–water partition coefficient (Wildman–Crippen LogP) is 0.330. The molecule has 0 spiro atoms. The van der Waals surface area contributed by atoms with E-state index in [1.807, 2.05) is 6.92 Å². The molecule has 0 aliphatic carbocycles. The molecule has 0 heterocycles. The van der Waals surface area contributed by atoms with Crippen LogP contribution in [0.5, 0.6) is 5.75 Å². The number of carbonyl (C=O) groups is 2. The van der Waals surface area contributed by atoms with Gasteiger partial charge in [0.25, 0.3) is 0 Å².